The Kier molecular flexibility index (Phi) is 3.49. The van der Waals surface area contributed by atoms with E-state index in [0.717, 1.165) is 44.4 Å². The minimum absolute atomic E-state index is 0.0204. The molecule has 0 spiro atoms. The van der Waals surface area contributed by atoms with Gasteiger partial charge in [0.1, 0.15) is 0 Å². The molecule has 0 amide bonds. The van der Waals surface area contributed by atoms with Gasteiger partial charge in [-0.3, -0.25) is 4.79 Å². The van der Waals surface area contributed by atoms with Gasteiger partial charge in [0.15, 0.2) is 0 Å². The summed E-state index contributed by atoms with van der Waals surface area (Å²) in [6.07, 6.45) is 0.0204. The van der Waals surface area contributed by atoms with Crippen molar-refractivity contribution in [2.24, 2.45) is 0 Å². The maximum atomic E-state index is 11.3. The van der Waals surface area contributed by atoms with Crippen LogP contribution in [-0.2, 0) is 11.2 Å². The summed E-state index contributed by atoms with van der Waals surface area (Å²) in [6, 6.07) is 12.2. The zero-order valence-electron chi connectivity index (χ0n) is 13.0. The van der Waals surface area contributed by atoms with E-state index in [1.165, 1.54) is 0 Å². The van der Waals surface area contributed by atoms with Gasteiger partial charge in [-0.05, 0) is 43.5 Å². The molecule has 112 valence electrons. The molecule has 0 saturated heterocycles. The van der Waals surface area contributed by atoms with Crippen molar-refractivity contribution in [1.82, 2.24) is 4.98 Å². The Hall–Kier alpha value is -2.55. The first-order valence-electron chi connectivity index (χ1n) is 7.37. The Morgan fingerprint density at radius 3 is 2.50 bits per heavy atom. The summed E-state index contributed by atoms with van der Waals surface area (Å²) in [7, 11) is 0. The fourth-order valence-corrected chi connectivity index (χ4v) is 3.12. The Balaban J connectivity index is 2.36. The quantitative estimate of drug-likeness (QED) is 0.752. The lowest BCUT2D eigenvalue weighted by molar-refractivity contribution is -0.136. The number of H-pyrrole nitrogens is 1. The SMILES string of the molecule is Cc1cc(C)c2[nH]c(-c3ccccc3C)c(CC(=O)O)c2c1. The van der Waals surface area contributed by atoms with Gasteiger partial charge in [-0.15, -0.1) is 0 Å². The van der Waals surface area contributed by atoms with Crippen LogP contribution < -0.4 is 0 Å². The van der Waals surface area contributed by atoms with E-state index in [1.807, 2.05) is 38.1 Å². The fraction of sp³-hybridized carbons (Fsp3) is 0.211. The van der Waals surface area contributed by atoms with E-state index in [1.54, 1.807) is 0 Å². The molecule has 1 heterocycles. The molecule has 3 aromatic rings. The van der Waals surface area contributed by atoms with Crippen molar-refractivity contribution in [2.75, 3.05) is 0 Å². The second-order valence-corrected chi connectivity index (χ2v) is 5.87. The first-order chi connectivity index (χ1) is 10.5. The molecule has 0 aliphatic rings. The summed E-state index contributed by atoms with van der Waals surface area (Å²) in [4.78, 5) is 14.8. The predicted octanol–water partition coefficient (Wildman–Crippen LogP) is 4.39. The number of carboxylic acid groups (broad SMARTS) is 1. The van der Waals surface area contributed by atoms with Crippen LogP contribution in [0.15, 0.2) is 36.4 Å². The van der Waals surface area contributed by atoms with Crippen LogP contribution in [0.25, 0.3) is 22.2 Å². The molecule has 1 aromatic heterocycles. The Labute approximate surface area is 129 Å². The molecule has 3 heteroatoms. The molecule has 2 aromatic carbocycles. The highest BCUT2D eigenvalue weighted by Crippen LogP contribution is 2.34. The molecule has 0 aliphatic heterocycles. The Morgan fingerprint density at radius 1 is 1.09 bits per heavy atom. The van der Waals surface area contributed by atoms with Crippen molar-refractivity contribution >= 4 is 16.9 Å². The fourth-order valence-electron chi connectivity index (χ4n) is 3.12. The van der Waals surface area contributed by atoms with Crippen LogP contribution in [0, 0.1) is 20.8 Å². The number of aromatic nitrogens is 1. The van der Waals surface area contributed by atoms with Crippen LogP contribution in [0.2, 0.25) is 0 Å². The Morgan fingerprint density at radius 2 is 1.82 bits per heavy atom. The summed E-state index contributed by atoms with van der Waals surface area (Å²) in [5.41, 5.74) is 7.29. The number of rotatable bonds is 3. The van der Waals surface area contributed by atoms with Crippen LogP contribution >= 0.6 is 0 Å². The molecule has 0 bridgehead atoms. The number of carboxylic acids is 1. The smallest absolute Gasteiger partial charge is 0.307 e. The second kappa shape index (κ2) is 5.34. The minimum atomic E-state index is -0.810. The maximum absolute atomic E-state index is 11.3. The van der Waals surface area contributed by atoms with Gasteiger partial charge in [-0.25, -0.2) is 0 Å². The van der Waals surface area contributed by atoms with Crippen molar-refractivity contribution in [3.8, 4) is 11.3 Å². The first kappa shape index (κ1) is 14.4. The standard InChI is InChI=1S/C19H19NO2/c1-11-8-13(3)18-15(9-11)16(10-17(21)22)19(20-18)14-7-5-4-6-12(14)2/h4-9,20H,10H2,1-3H3,(H,21,22). The van der Waals surface area contributed by atoms with E-state index in [9.17, 15) is 9.90 Å². The van der Waals surface area contributed by atoms with Crippen molar-refractivity contribution in [1.29, 1.82) is 0 Å². The number of carbonyl (C=O) groups is 1. The van der Waals surface area contributed by atoms with Gasteiger partial charge in [0, 0.05) is 16.5 Å². The maximum Gasteiger partial charge on any atom is 0.307 e. The summed E-state index contributed by atoms with van der Waals surface area (Å²) < 4.78 is 0. The van der Waals surface area contributed by atoms with Crippen LogP contribution in [0.4, 0.5) is 0 Å². The molecule has 0 aliphatic carbocycles. The lowest BCUT2D eigenvalue weighted by Gasteiger charge is -2.06. The van der Waals surface area contributed by atoms with Gasteiger partial charge in [-0.2, -0.15) is 0 Å². The number of aliphatic carboxylic acids is 1. The molecule has 0 unspecified atom stereocenters. The molecule has 3 rings (SSSR count). The number of aromatic amines is 1. The highest BCUT2D eigenvalue weighted by molar-refractivity contribution is 5.96. The molecule has 22 heavy (non-hydrogen) atoms. The zero-order valence-corrected chi connectivity index (χ0v) is 13.0. The van der Waals surface area contributed by atoms with E-state index < -0.39 is 5.97 Å². The van der Waals surface area contributed by atoms with E-state index in [0.29, 0.717) is 0 Å². The summed E-state index contributed by atoms with van der Waals surface area (Å²) >= 11 is 0. The molecule has 0 atom stereocenters. The summed E-state index contributed by atoms with van der Waals surface area (Å²) in [5, 5.41) is 10.3. The van der Waals surface area contributed by atoms with Crippen LogP contribution in [0.1, 0.15) is 22.3 Å². The number of nitrogens with one attached hydrogen (secondary N) is 1. The lowest BCUT2D eigenvalue weighted by atomic mass is 9.98. The molecule has 0 fully saturated rings. The molecule has 3 nitrogen and oxygen atoms in total. The summed E-state index contributed by atoms with van der Waals surface area (Å²) in [5.74, 6) is -0.810. The van der Waals surface area contributed by atoms with Crippen molar-refractivity contribution in [2.45, 2.75) is 27.2 Å². The first-order valence-corrected chi connectivity index (χ1v) is 7.37. The predicted molar refractivity (Wildman–Crippen MR) is 89.3 cm³/mol. The number of fused-ring (bicyclic) bond motifs is 1. The topological polar surface area (TPSA) is 53.1 Å². The third-order valence-corrected chi connectivity index (χ3v) is 4.10. The van der Waals surface area contributed by atoms with Crippen molar-refractivity contribution in [3.05, 3.63) is 58.7 Å². The molecular formula is C19H19NO2. The second-order valence-electron chi connectivity index (χ2n) is 5.87. The van der Waals surface area contributed by atoms with Crippen LogP contribution in [0.3, 0.4) is 0 Å². The average molecular weight is 293 g/mol. The third kappa shape index (κ3) is 2.39. The highest BCUT2D eigenvalue weighted by atomic mass is 16.4. The van der Waals surface area contributed by atoms with Gasteiger partial charge in [-0.1, -0.05) is 35.9 Å². The van der Waals surface area contributed by atoms with Gasteiger partial charge >= 0.3 is 5.97 Å². The monoisotopic (exact) mass is 293 g/mol. The molecule has 0 saturated carbocycles. The van der Waals surface area contributed by atoms with Crippen LogP contribution in [0.5, 0.6) is 0 Å². The number of benzene rings is 2. The third-order valence-electron chi connectivity index (χ3n) is 4.10. The lowest BCUT2D eigenvalue weighted by Crippen LogP contribution is -2.01. The van der Waals surface area contributed by atoms with Crippen LogP contribution in [-0.4, -0.2) is 16.1 Å². The molecule has 2 N–H and O–H groups in total. The van der Waals surface area contributed by atoms with E-state index in [2.05, 4.69) is 24.0 Å². The van der Waals surface area contributed by atoms with Gasteiger partial charge in [0.25, 0.3) is 0 Å². The molecular weight excluding hydrogens is 274 g/mol. The van der Waals surface area contributed by atoms with E-state index in [-0.39, 0.29) is 6.42 Å². The van der Waals surface area contributed by atoms with Gasteiger partial charge < -0.3 is 10.1 Å². The van der Waals surface area contributed by atoms with E-state index >= 15 is 0 Å². The molecule has 0 radical (unpaired) electrons. The number of hydrogen-bond donors (Lipinski definition) is 2. The number of hydrogen-bond acceptors (Lipinski definition) is 1. The largest absolute Gasteiger partial charge is 0.481 e. The van der Waals surface area contributed by atoms with Gasteiger partial charge in [0.05, 0.1) is 12.1 Å². The summed E-state index contributed by atoms with van der Waals surface area (Å²) in [6.45, 7) is 6.14. The zero-order chi connectivity index (χ0) is 15.9. The normalized spacial score (nSPS) is 11.0. The Bertz CT molecular complexity index is 875. The average Bonchev–Trinajstić information content (AvgIpc) is 2.78. The van der Waals surface area contributed by atoms with Gasteiger partial charge in [0.2, 0.25) is 0 Å². The van der Waals surface area contributed by atoms with Crippen molar-refractivity contribution in [3.63, 3.8) is 0 Å². The number of aryl methyl sites for hydroxylation is 3. The van der Waals surface area contributed by atoms with Crippen molar-refractivity contribution < 1.29 is 9.90 Å². The highest BCUT2D eigenvalue weighted by Gasteiger charge is 2.18. The minimum Gasteiger partial charge on any atom is -0.481 e. The van der Waals surface area contributed by atoms with E-state index in [4.69, 9.17) is 0 Å².